The molecule has 0 fully saturated rings. The van der Waals surface area contributed by atoms with E-state index in [0.717, 1.165) is 12.1 Å². The molecule has 0 bridgehead atoms. The van der Waals surface area contributed by atoms with Gasteiger partial charge in [0.25, 0.3) is 0 Å². The lowest BCUT2D eigenvalue weighted by Crippen LogP contribution is -2.18. The Bertz CT molecular complexity index is 588. The second-order valence-electron chi connectivity index (χ2n) is 6.47. The molecule has 112 valence electrons. The third-order valence-corrected chi connectivity index (χ3v) is 4.12. The summed E-state index contributed by atoms with van der Waals surface area (Å²) >= 11 is 12.4. The SMILES string of the molecule is CC(C)(C)CC(Nc1cccc(Cl)c1Cl)c1ccccc1. The van der Waals surface area contributed by atoms with E-state index in [9.17, 15) is 0 Å². The third kappa shape index (κ3) is 4.66. The van der Waals surface area contributed by atoms with Gasteiger partial charge in [-0.05, 0) is 29.5 Å². The van der Waals surface area contributed by atoms with E-state index in [-0.39, 0.29) is 11.5 Å². The van der Waals surface area contributed by atoms with Gasteiger partial charge in [-0.15, -0.1) is 0 Å². The molecule has 0 aliphatic rings. The summed E-state index contributed by atoms with van der Waals surface area (Å²) in [5.41, 5.74) is 2.34. The molecule has 1 nitrogen and oxygen atoms in total. The standard InChI is InChI=1S/C18H21Cl2N/c1-18(2,3)12-16(13-8-5-4-6-9-13)21-15-11-7-10-14(19)17(15)20/h4-11,16,21H,12H2,1-3H3. The van der Waals surface area contributed by atoms with E-state index in [1.165, 1.54) is 5.56 Å². The second kappa shape index (κ2) is 6.72. The summed E-state index contributed by atoms with van der Waals surface area (Å²) in [6, 6.07) is 16.3. The zero-order chi connectivity index (χ0) is 15.5. The van der Waals surface area contributed by atoms with E-state index < -0.39 is 0 Å². The number of nitrogens with one attached hydrogen (secondary N) is 1. The molecule has 1 N–H and O–H groups in total. The highest BCUT2D eigenvalue weighted by Gasteiger charge is 2.21. The first-order chi connectivity index (χ1) is 9.87. The van der Waals surface area contributed by atoms with Crippen LogP contribution >= 0.6 is 23.2 Å². The van der Waals surface area contributed by atoms with Crippen molar-refractivity contribution >= 4 is 28.9 Å². The molecule has 1 unspecified atom stereocenters. The maximum Gasteiger partial charge on any atom is 0.0823 e. The highest BCUT2D eigenvalue weighted by Crippen LogP contribution is 2.36. The molecule has 0 saturated carbocycles. The van der Waals surface area contributed by atoms with Crippen LogP contribution in [0.4, 0.5) is 5.69 Å². The minimum atomic E-state index is 0.196. The van der Waals surface area contributed by atoms with Gasteiger partial charge < -0.3 is 5.32 Å². The van der Waals surface area contributed by atoms with Gasteiger partial charge in [-0.1, -0.05) is 80.4 Å². The monoisotopic (exact) mass is 321 g/mol. The quantitative estimate of drug-likeness (QED) is 0.670. The molecular formula is C18H21Cl2N. The van der Waals surface area contributed by atoms with Crippen LogP contribution in [0.1, 0.15) is 38.8 Å². The van der Waals surface area contributed by atoms with Gasteiger partial charge in [-0.25, -0.2) is 0 Å². The van der Waals surface area contributed by atoms with Gasteiger partial charge >= 0.3 is 0 Å². The lowest BCUT2D eigenvalue weighted by molar-refractivity contribution is 0.352. The summed E-state index contributed by atoms with van der Waals surface area (Å²) in [6.45, 7) is 6.72. The minimum Gasteiger partial charge on any atom is -0.377 e. The molecule has 2 rings (SSSR count). The summed E-state index contributed by atoms with van der Waals surface area (Å²) in [5.74, 6) is 0. The van der Waals surface area contributed by atoms with Gasteiger partial charge in [0.15, 0.2) is 0 Å². The minimum absolute atomic E-state index is 0.196. The molecule has 0 heterocycles. The maximum atomic E-state index is 6.30. The van der Waals surface area contributed by atoms with E-state index in [0.29, 0.717) is 10.0 Å². The first-order valence-electron chi connectivity index (χ1n) is 7.12. The van der Waals surface area contributed by atoms with Crippen LogP contribution in [-0.2, 0) is 0 Å². The predicted molar refractivity (Wildman–Crippen MR) is 93.3 cm³/mol. The molecule has 0 aromatic heterocycles. The fourth-order valence-electron chi connectivity index (χ4n) is 2.35. The Labute approximate surface area is 137 Å². The highest BCUT2D eigenvalue weighted by molar-refractivity contribution is 6.43. The van der Waals surface area contributed by atoms with Gasteiger partial charge in [0.2, 0.25) is 0 Å². The fraction of sp³-hybridized carbons (Fsp3) is 0.333. The molecule has 0 aliphatic heterocycles. The molecule has 1 atom stereocenters. The molecule has 0 spiro atoms. The number of rotatable bonds is 4. The summed E-state index contributed by atoms with van der Waals surface area (Å²) in [4.78, 5) is 0. The zero-order valence-corrected chi connectivity index (χ0v) is 14.2. The maximum absolute atomic E-state index is 6.30. The molecule has 21 heavy (non-hydrogen) atoms. The molecule has 0 radical (unpaired) electrons. The number of anilines is 1. The third-order valence-electron chi connectivity index (χ3n) is 3.30. The number of halogens is 2. The van der Waals surface area contributed by atoms with Crippen molar-refractivity contribution in [3.8, 4) is 0 Å². The van der Waals surface area contributed by atoms with Gasteiger partial charge in [0, 0.05) is 0 Å². The van der Waals surface area contributed by atoms with E-state index in [4.69, 9.17) is 23.2 Å². The Balaban J connectivity index is 2.30. The average molecular weight is 322 g/mol. The molecule has 2 aromatic rings. The van der Waals surface area contributed by atoms with E-state index in [1.54, 1.807) is 6.07 Å². The Morgan fingerprint density at radius 1 is 0.952 bits per heavy atom. The fourth-order valence-corrected chi connectivity index (χ4v) is 2.71. The number of hydrogen-bond acceptors (Lipinski definition) is 1. The van der Waals surface area contributed by atoms with Crippen LogP contribution in [-0.4, -0.2) is 0 Å². The summed E-state index contributed by atoms with van der Waals surface area (Å²) in [5, 5.41) is 4.70. The van der Waals surface area contributed by atoms with Crippen molar-refractivity contribution in [2.75, 3.05) is 5.32 Å². The Kier molecular flexibility index (Phi) is 5.18. The van der Waals surface area contributed by atoms with Gasteiger partial charge in [0.05, 0.1) is 21.8 Å². The van der Waals surface area contributed by atoms with E-state index >= 15 is 0 Å². The van der Waals surface area contributed by atoms with Crippen molar-refractivity contribution in [1.82, 2.24) is 0 Å². The zero-order valence-electron chi connectivity index (χ0n) is 12.7. The number of benzene rings is 2. The topological polar surface area (TPSA) is 12.0 Å². The Hall–Kier alpha value is -1.18. The Morgan fingerprint density at radius 2 is 1.62 bits per heavy atom. The molecule has 0 saturated heterocycles. The van der Waals surface area contributed by atoms with E-state index in [2.05, 4.69) is 50.4 Å². The van der Waals surface area contributed by atoms with Crippen LogP contribution in [0.25, 0.3) is 0 Å². The Morgan fingerprint density at radius 3 is 2.24 bits per heavy atom. The van der Waals surface area contributed by atoms with Crippen LogP contribution in [0.2, 0.25) is 10.0 Å². The smallest absolute Gasteiger partial charge is 0.0823 e. The predicted octanol–water partition coefficient (Wildman–Crippen LogP) is 6.58. The highest BCUT2D eigenvalue weighted by atomic mass is 35.5. The average Bonchev–Trinajstić information content (AvgIpc) is 2.42. The molecular weight excluding hydrogens is 301 g/mol. The summed E-state index contributed by atoms with van der Waals surface area (Å²) in [6.07, 6.45) is 1.000. The normalized spacial score (nSPS) is 13.0. The summed E-state index contributed by atoms with van der Waals surface area (Å²) < 4.78 is 0. The summed E-state index contributed by atoms with van der Waals surface area (Å²) in [7, 11) is 0. The van der Waals surface area contributed by atoms with Crippen molar-refractivity contribution in [3.05, 3.63) is 64.1 Å². The van der Waals surface area contributed by atoms with Gasteiger partial charge in [-0.2, -0.15) is 0 Å². The van der Waals surface area contributed by atoms with Crippen molar-refractivity contribution in [3.63, 3.8) is 0 Å². The van der Waals surface area contributed by atoms with Crippen LogP contribution in [0.15, 0.2) is 48.5 Å². The van der Waals surface area contributed by atoms with Crippen molar-refractivity contribution < 1.29 is 0 Å². The first kappa shape index (κ1) is 16.2. The molecule has 0 amide bonds. The van der Waals surface area contributed by atoms with Crippen molar-refractivity contribution in [2.24, 2.45) is 5.41 Å². The van der Waals surface area contributed by atoms with E-state index in [1.807, 2.05) is 18.2 Å². The lowest BCUT2D eigenvalue weighted by Gasteiger charge is -2.28. The lowest BCUT2D eigenvalue weighted by atomic mass is 9.85. The molecule has 0 aliphatic carbocycles. The van der Waals surface area contributed by atoms with Gasteiger partial charge in [0.1, 0.15) is 0 Å². The van der Waals surface area contributed by atoms with Crippen LogP contribution in [0.3, 0.4) is 0 Å². The number of hydrogen-bond donors (Lipinski definition) is 1. The van der Waals surface area contributed by atoms with Crippen LogP contribution < -0.4 is 5.32 Å². The van der Waals surface area contributed by atoms with Crippen molar-refractivity contribution in [1.29, 1.82) is 0 Å². The second-order valence-corrected chi connectivity index (χ2v) is 7.26. The van der Waals surface area contributed by atoms with Crippen LogP contribution in [0, 0.1) is 5.41 Å². The molecule has 2 aromatic carbocycles. The van der Waals surface area contributed by atoms with Crippen molar-refractivity contribution in [2.45, 2.75) is 33.2 Å². The largest absolute Gasteiger partial charge is 0.377 e. The molecule has 3 heteroatoms. The van der Waals surface area contributed by atoms with Gasteiger partial charge in [-0.3, -0.25) is 0 Å². The first-order valence-corrected chi connectivity index (χ1v) is 7.88. The van der Waals surface area contributed by atoms with Crippen LogP contribution in [0.5, 0.6) is 0 Å².